The van der Waals surface area contributed by atoms with Gasteiger partial charge in [-0.25, -0.2) is 4.79 Å². The topological polar surface area (TPSA) is 54.0 Å². The first-order valence-corrected chi connectivity index (χ1v) is 7.73. The first-order chi connectivity index (χ1) is 10.1. The van der Waals surface area contributed by atoms with Crippen LogP contribution in [-0.4, -0.2) is 38.5 Å². The Morgan fingerprint density at radius 3 is 2.14 bits per heavy atom. The van der Waals surface area contributed by atoms with E-state index >= 15 is 0 Å². The number of ether oxygens (including phenoxy) is 2. The lowest BCUT2D eigenvalue weighted by atomic mass is 9.77. The van der Waals surface area contributed by atoms with Gasteiger partial charge >= 0.3 is 13.1 Å². The average Bonchev–Trinajstić information content (AvgIpc) is 2.65. The van der Waals surface area contributed by atoms with Crippen molar-refractivity contribution >= 4 is 34.5 Å². The van der Waals surface area contributed by atoms with Gasteiger partial charge in [-0.1, -0.05) is 0 Å². The molecule has 1 saturated heterocycles. The lowest BCUT2D eigenvalue weighted by Crippen LogP contribution is -2.41. The van der Waals surface area contributed by atoms with Gasteiger partial charge in [-0.2, -0.15) is 0 Å². The molecule has 0 N–H and O–H groups in total. The molecule has 0 radical (unpaired) electrons. The van der Waals surface area contributed by atoms with Crippen LogP contribution in [0.3, 0.4) is 0 Å². The highest BCUT2D eigenvalue weighted by atomic mass is 79.9. The molecule has 2 rings (SSSR count). The minimum absolute atomic E-state index is 0.403. The summed E-state index contributed by atoms with van der Waals surface area (Å²) in [6.45, 7) is 7.88. The van der Waals surface area contributed by atoms with Crippen LogP contribution in [0, 0.1) is 0 Å². The van der Waals surface area contributed by atoms with E-state index in [1.807, 2.05) is 27.7 Å². The Labute approximate surface area is 139 Å². The van der Waals surface area contributed by atoms with Crippen molar-refractivity contribution in [1.29, 1.82) is 0 Å². The van der Waals surface area contributed by atoms with Crippen LogP contribution in [0.5, 0.6) is 5.75 Å². The first-order valence-electron chi connectivity index (χ1n) is 6.94. The van der Waals surface area contributed by atoms with Crippen LogP contribution in [0.25, 0.3) is 0 Å². The SMILES string of the molecule is COC(=O)c1cc(Br)c(OC)c(B2OC(C)(C)C(C)(C)O2)c1. The zero-order valence-corrected chi connectivity index (χ0v) is 15.2. The number of rotatable bonds is 3. The monoisotopic (exact) mass is 370 g/mol. The molecule has 1 aliphatic rings. The maximum Gasteiger partial charge on any atom is 0.498 e. The number of esters is 1. The molecule has 7 heteroatoms. The van der Waals surface area contributed by atoms with Gasteiger partial charge in [0.1, 0.15) is 5.75 Å². The van der Waals surface area contributed by atoms with Gasteiger partial charge in [0.15, 0.2) is 0 Å². The fraction of sp³-hybridized carbons (Fsp3) is 0.533. The molecule has 1 fully saturated rings. The number of hydrogen-bond acceptors (Lipinski definition) is 5. The zero-order valence-electron chi connectivity index (χ0n) is 13.7. The van der Waals surface area contributed by atoms with Crippen LogP contribution < -0.4 is 10.2 Å². The molecule has 0 unspecified atom stereocenters. The molecule has 0 spiro atoms. The van der Waals surface area contributed by atoms with Crippen molar-refractivity contribution in [2.24, 2.45) is 0 Å². The highest BCUT2D eigenvalue weighted by Gasteiger charge is 2.52. The smallest absolute Gasteiger partial charge is 0.496 e. The fourth-order valence-corrected chi connectivity index (χ4v) is 2.85. The van der Waals surface area contributed by atoms with E-state index in [9.17, 15) is 4.79 Å². The Kier molecular flexibility index (Phi) is 4.62. The molecule has 0 saturated carbocycles. The van der Waals surface area contributed by atoms with E-state index in [0.29, 0.717) is 21.2 Å². The van der Waals surface area contributed by atoms with E-state index in [2.05, 4.69) is 15.9 Å². The molecule has 1 aromatic carbocycles. The summed E-state index contributed by atoms with van der Waals surface area (Å²) < 4.78 is 22.9. The molecule has 0 bridgehead atoms. The lowest BCUT2D eigenvalue weighted by Gasteiger charge is -2.32. The minimum Gasteiger partial charge on any atom is -0.496 e. The van der Waals surface area contributed by atoms with Crippen molar-refractivity contribution in [2.75, 3.05) is 14.2 Å². The average molecular weight is 371 g/mol. The zero-order chi connectivity index (χ0) is 16.7. The number of hydrogen-bond donors (Lipinski definition) is 0. The molecule has 0 aromatic heterocycles. The van der Waals surface area contributed by atoms with Crippen LogP contribution in [0.15, 0.2) is 16.6 Å². The molecule has 1 aromatic rings. The summed E-state index contributed by atoms with van der Waals surface area (Å²) >= 11 is 3.42. The minimum atomic E-state index is -0.624. The molecule has 0 atom stereocenters. The predicted octanol–water partition coefficient (Wildman–Crippen LogP) is 2.54. The van der Waals surface area contributed by atoms with E-state index in [4.69, 9.17) is 18.8 Å². The molecule has 0 aliphatic carbocycles. The number of carbonyl (C=O) groups excluding carboxylic acids is 1. The summed E-state index contributed by atoms with van der Waals surface area (Å²) in [5.41, 5.74) is 0.100. The van der Waals surface area contributed by atoms with Gasteiger partial charge in [-0.05, 0) is 55.8 Å². The molecular formula is C15H20BBrO5. The Morgan fingerprint density at radius 1 is 1.14 bits per heavy atom. The molecule has 1 heterocycles. The van der Waals surface area contributed by atoms with E-state index in [0.717, 1.165) is 0 Å². The quantitative estimate of drug-likeness (QED) is 0.604. The Bertz CT molecular complexity index is 584. The van der Waals surface area contributed by atoms with Crippen LogP contribution in [0.4, 0.5) is 0 Å². The summed E-state index contributed by atoms with van der Waals surface area (Å²) in [6, 6.07) is 3.33. The van der Waals surface area contributed by atoms with Gasteiger partial charge in [-0.3, -0.25) is 0 Å². The van der Waals surface area contributed by atoms with Crippen LogP contribution in [0.1, 0.15) is 38.1 Å². The Morgan fingerprint density at radius 2 is 1.68 bits per heavy atom. The maximum absolute atomic E-state index is 11.8. The Balaban J connectivity index is 2.50. The van der Waals surface area contributed by atoms with Crippen LogP contribution in [-0.2, 0) is 14.0 Å². The predicted molar refractivity (Wildman–Crippen MR) is 87.7 cm³/mol. The van der Waals surface area contributed by atoms with Gasteiger partial charge in [0.2, 0.25) is 0 Å². The lowest BCUT2D eigenvalue weighted by molar-refractivity contribution is 0.00578. The molecular weight excluding hydrogens is 351 g/mol. The molecule has 0 amide bonds. The second-order valence-electron chi connectivity index (χ2n) is 6.16. The van der Waals surface area contributed by atoms with Crippen LogP contribution >= 0.6 is 15.9 Å². The van der Waals surface area contributed by atoms with Crippen LogP contribution in [0.2, 0.25) is 0 Å². The third kappa shape index (κ3) is 2.89. The van der Waals surface area contributed by atoms with Crippen molar-refractivity contribution in [2.45, 2.75) is 38.9 Å². The largest absolute Gasteiger partial charge is 0.498 e. The Hall–Kier alpha value is -1.05. The van der Waals surface area contributed by atoms with Gasteiger partial charge < -0.3 is 18.8 Å². The van der Waals surface area contributed by atoms with Gasteiger partial charge in [-0.15, -0.1) is 0 Å². The van der Waals surface area contributed by atoms with Gasteiger partial charge in [0, 0.05) is 5.46 Å². The second-order valence-corrected chi connectivity index (χ2v) is 7.01. The van der Waals surface area contributed by atoms with E-state index in [1.165, 1.54) is 7.11 Å². The summed E-state index contributed by atoms with van der Waals surface area (Å²) in [7, 11) is 2.28. The first kappa shape index (κ1) is 17.3. The highest BCUT2D eigenvalue weighted by Crippen LogP contribution is 2.38. The van der Waals surface area contributed by atoms with Crippen molar-refractivity contribution in [3.05, 3.63) is 22.2 Å². The van der Waals surface area contributed by atoms with Crippen molar-refractivity contribution in [1.82, 2.24) is 0 Å². The summed E-state index contributed by atoms with van der Waals surface area (Å²) in [4.78, 5) is 11.8. The summed E-state index contributed by atoms with van der Waals surface area (Å²) in [5, 5.41) is 0. The molecule has 120 valence electrons. The summed E-state index contributed by atoms with van der Waals surface area (Å²) in [6.07, 6.45) is 0. The number of carbonyl (C=O) groups is 1. The standard InChI is InChI=1S/C15H20BBrO5/c1-14(2)15(3,4)22-16(21-14)10-7-9(13(18)20-6)8-11(17)12(10)19-5/h7-8H,1-6H3. The third-order valence-corrected chi connectivity index (χ3v) is 4.79. The maximum atomic E-state index is 11.8. The van der Waals surface area contributed by atoms with Gasteiger partial charge in [0.25, 0.3) is 0 Å². The van der Waals surface area contributed by atoms with E-state index in [1.54, 1.807) is 19.2 Å². The molecule has 5 nitrogen and oxygen atoms in total. The van der Waals surface area contributed by atoms with E-state index < -0.39 is 24.3 Å². The molecule has 1 aliphatic heterocycles. The normalized spacial score (nSPS) is 19.1. The molecule has 22 heavy (non-hydrogen) atoms. The second kappa shape index (κ2) is 5.87. The third-order valence-electron chi connectivity index (χ3n) is 4.20. The van der Waals surface area contributed by atoms with Crippen molar-refractivity contribution in [3.8, 4) is 5.75 Å². The van der Waals surface area contributed by atoms with Crippen molar-refractivity contribution < 1.29 is 23.6 Å². The summed E-state index contributed by atoms with van der Waals surface area (Å²) in [5.74, 6) is 0.146. The number of halogens is 1. The number of benzene rings is 1. The van der Waals surface area contributed by atoms with E-state index in [-0.39, 0.29) is 0 Å². The van der Waals surface area contributed by atoms with Crippen molar-refractivity contribution in [3.63, 3.8) is 0 Å². The number of methoxy groups -OCH3 is 2. The van der Waals surface area contributed by atoms with Gasteiger partial charge in [0.05, 0.1) is 35.5 Å². The fourth-order valence-electron chi connectivity index (χ4n) is 2.21. The highest BCUT2D eigenvalue weighted by molar-refractivity contribution is 9.10.